The number of rotatable bonds is 4. The molecule has 0 radical (unpaired) electrons. The first-order valence-electron chi connectivity index (χ1n) is 7.82. The lowest BCUT2D eigenvalue weighted by Gasteiger charge is -2.28. The molecule has 1 aliphatic rings. The van der Waals surface area contributed by atoms with Crippen molar-refractivity contribution in [1.82, 2.24) is 4.31 Å². The molecule has 3 rings (SSSR count). The molecule has 1 atom stereocenters. The highest BCUT2D eigenvalue weighted by Gasteiger charge is 2.33. The number of methoxy groups -OCH3 is 1. The van der Waals surface area contributed by atoms with E-state index in [0.29, 0.717) is 17.2 Å². The van der Waals surface area contributed by atoms with Gasteiger partial charge in [-0.15, -0.1) is 11.3 Å². The Kier molecular flexibility index (Phi) is 5.04. The van der Waals surface area contributed by atoms with Crippen molar-refractivity contribution in [2.24, 2.45) is 0 Å². The van der Waals surface area contributed by atoms with Crippen molar-refractivity contribution >= 4 is 21.4 Å². The molecular formula is C17H21NO3S2. The van der Waals surface area contributed by atoms with Gasteiger partial charge in [0.15, 0.2) is 0 Å². The summed E-state index contributed by atoms with van der Waals surface area (Å²) in [6, 6.07) is 10.6. The second kappa shape index (κ2) is 7.03. The highest BCUT2D eigenvalue weighted by Crippen LogP contribution is 2.36. The van der Waals surface area contributed by atoms with Crippen molar-refractivity contribution in [1.29, 1.82) is 0 Å². The summed E-state index contributed by atoms with van der Waals surface area (Å²) >= 11 is 1.63. The maximum absolute atomic E-state index is 13.1. The van der Waals surface area contributed by atoms with E-state index in [1.54, 1.807) is 47.0 Å². The lowest BCUT2D eigenvalue weighted by atomic mass is 10.1. The number of ether oxygens (including phenoxy) is 1. The third-order valence-corrected chi connectivity index (χ3v) is 7.14. The number of benzene rings is 1. The fraction of sp³-hybridized carbons (Fsp3) is 0.412. The van der Waals surface area contributed by atoms with Crippen molar-refractivity contribution in [3.8, 4) is 5.75 Å². The Balaban J connectivity index is 1.97. The van der Waals surface area contributed by atoms with Crippen molar-refractivity contribution in [2.75, 3.05) is 13.7 Å². The van der Waals surface area contributed by atoms with Crippen LogP contribution in [0.25, 0.3) is 0 Å². The molecule has 0 unspecified atom stereocenters. The second-order valence-electron chi connectivity index (χ2n) is 5.67. The topological polar surface area (TPSA) is 46.6 Å². The Labute approximate surface area is 141 Å². The molecule has 6 heteroatoms. The molecule has 1 aliphatic heterocycles. The smallest absolute Gasteiger partial charge is 0.243 e. The van der Waals surface area contributed by atoms with Crippen LogP contribution in [0.15, 0.2) is 46.7 Å². The normalized spacial score (nSPS) is 20.1. The molecule has 1 aromatic heterocycles. The van der Waals surface area contributed by atoms with Crippen LogP contribution < -0.4 is 4.74 Å². The predicted octanol–water partition coefficient (Wildman–Crippen LogP) is 4.06. The van der Waals surface area contributed by atoms with Gasteiger partial charge in [-0.1, -0.05) is 18.9 Å². The molecule has 2 heterocycles. The average molecular weight is 351 g/mol. The first kappa shape index (κ1) is 16.5. The van der Waals surface area contributed by atoms with E-state index in [0.717, 1.165) is 30.6 Å². The summed E-state index contributed by atoms with van der Waals surface area (Å²) in [5, 5.41) is 2.01. The summed E-state index contributed by atoms with van der Waals surface area (Å²) in [7, 11) is -1.93. The summed E-state index contributed by atoms with van der Waals surface area (Å²) < 4.78 is 33.1. The van der Waals surface area contributed by atoms with E-state index in [9.17, 15) is 8.42 Å². The number of sulfonamides is 1. The summed E-state index contributed by atoms with van der Waals surface area (Å²) in [6.07, 6.45) is 3.95. The average Bonchev–Trinajstić information content (AvgIpc) is 2.98. The lowest BCUT2D eigenvalue weighted by molar-refractivity contribution is 0.333. The molecule has 0 amide bonds. The molecule has 0 N–H and O–H groups in total. The van der Waals surface area contributed by atoms with E-state index in [4.69, 9.17) is 4.74 Å². The van der Waals surface area contributed by atoms with Crippen LogP contribution in [-0.4, -0.2) is 26.4 Å². The van der Waals surface area contributed by atoms with Gasteiger partial charge in [0.25, 0.3) is 0 Å². The van der Waals surface area contributed by atoms with Gasteiger partial charge in [0.1, 0.15) is 5.75 Å². The number of hydrogen-bond donors (Lipinski definition) is 0. The molecule has 0 aliphatic carbocycles. The van der Waals surface area contributed by atoms with Gasteiger partial charge in [-0.05, 0) is 48.6 Å². The summed E-state index contributed by atoms with van der Waals surface area (Å²) in [4.78, 5) is 1.46. The summed E-state index contributed by atoms with van der Waals surface area (Å²) in [5.74, 6) is 0.662. The highest BCUT2D eigenvalue weighted by atomic mass is 32.2. The zero-order chi connectivity index (χ0) is 16.3. The zero-order valence-corrected chi connectivity index (χ0v) is 14.8. The molecule has 4 nitrogen and oxygen atoms in total. The second-order valence-corrected chi connectivity index (χ2v) is 8.54. The standard InChI is InChI=1S/C17H21NO3S2/c1-21-14-8-10-15(11-9-14)23(19,20)18-12-4-2-3-6-16(18)17-7-5-13-22-17/h5,7-11,13,16H,2-4,6,12H2,1H3/t16-/m1/s1. The number of nitrogens with zero attached hydrogens (tertiary/aromatic N) is 1. The van der Waals surface area contributed by atoms with E-state index >= 15 is 0 Å². The van der Waals surface area contributed by atoms with Crippen LogP contribution in [0.2, 0.25) is 0 Å². The molecule has 0 spiro atoms. The molecule has 0 bridgehead atoms. The van der Waals surface area contributed by atoms with Crippen LogP contribution in [-0.2, 0) is 10.0 Å². The molecule has 0 saturated carbocycles. The largest absolute Gasteiger partial charge is 0.497 e. The molecule has 1 saturated heterocycles. The third kappa shape index (κ3) is 3.44. The van der Waals surface area contributed by atoms with Gasteiger partial charge in [0.05, 0.1) is 18.0 Å². The molecule has 1 fully saturated rings. The van der Waals surface area contributed by atoms with Gasteiger partial charge in [-0.3, -0.25) is 0 Å². The Morgan fingerprint density at radius 2 is 1.91 bits per heavy atom. The van der Waals surface area contributed by atoms with Crippen molar-refractivity contribution in [2.45, 2.75) is 36.6 Å². The monoisotopic (exact) mass is 351 g/mol. The molecule has 124 valence electrons. The van der Waals surface area contributed by atoms with Crippen molar-refractivity contribution in [3.63, 3.8) is 0 Å². The van der Waals surface area contributed by atoms with E-state index in [1.165, 1.54) is 0 Å². The van der Waals surface area contributed by atoms with Crippen LogP contribution in [0, 0.1) is 0 Å². The van der Waals surface area contributed by atoms with E-state index < -0.39 is 10.0 Å². The van der Waals surface area contributed by atoms with Gasteiger partial charge < -0.3 is 4.74 Å². The molecule has 1 aromatic carbocycles. The van der Waals surface area contributed by atoms with Crippen molar-refractivity contribution < 1.29 is 13.2 Å². The lowest BCUT2D eigenvalue weighted by Crippen LogP contribution is -2.34. The minimum atomic E-state index is -3.50. The summed E-state index contributed by atoms with van der Waals surface area (Å²) in [5.41, 5.74) is 0. The Morgan fingerprint density at radius 1 is 1.13 bits per heavy atom. The van der Waals surface area contributed by atoms with Gasteiger partial charge in [-0.25, -0.2) is 8.42 Å². The highest BCUT2D eigenvalue weighted by molar-refractivity contribution is 7.89. The number of hydrogen-bond acceptors (Lipinski definition) is 4. The minimum absolute atomic E-state index is 0.0513. The Hall–Kier alpha value is -1.37. The van der Waals surface area contributed by atoms with Crippen LogP contribution in [0.1, 0.15) is 36.6 Å². The molecular weight excluding hydrogens is 330 g/mol. The minimum Gasteiger partial charge on any atom is -0.497 e. The van der Waals surface area contributed by atoms with E-state index in [1.807, 2.05) is 17.5 Å². The van der Waals surface area contributed by atoms with Gasteiger partial charge in [-0.2, -0.15) is 4.31 Å². The first-order valence-corrected chi connectivity index (χ1v) is 10.1. The van der Waals surface area contributed by atoms with Crippen LogP contribution in [0.4, 0.5) is 0 Å². The first-order chi connectivity index (χ1) is 11.1. The summed E-state index contributed by atoms with van der Waals surface area (Å²) in [6.45, 7) is 0.580. The fourth-order valence-electron chi connectivity index (χ4n) is 3.02. The maximum atomic E-state index is 13.1. The molecule has 2 aromatic rings. The Bertz CT molecular complexity index is 724. The third-order valence-electron chi connectivity index (χ3n) is 4.24. The molecule has 23 heavy (non-hydrogen) atoms. The van der Waals surface area contributed by atoms with E-state index in [2.05, 4.69) is 0 Å². The number of thiophene rings is 1. The quantitative estimate of drug-likeness (QED) is 0.834. The Morgan fingerprint density at radius 3 is 2.57 bits per heavy atom. The van der Waals surface area contributed by atoms with Crippen LogP contribution in [0.3, 0.4) is 0 Å². The van der Waals surface area contributed by atoms with Crippen molar-refractivity contribution in [3.05, 3.63) is 46.7 Å². The van der Waals surface area contributed by atoms with Gasteiger partial charge in [0, 0.05) is 11.4 Å². The van der Waals surface area contributed by atoms with Gasteiger partial charge >= 0.3 is 0 Å². The van der Waals surface area contributed by atoms with Crippen LogP contribution >= 0.6 is 11.3 Å². The maximum Gasteiger partial charge on any atom is 0.243 e. The SMILES string of the molecule is COc1ccc(S(=O)(=O)N2CCCCC[C@@H]2c2cccs2)cc1. The fourth-order valence-corrected chi connectivity index (χ4v) is 5.63. The predicted molar refractivity (Wildman–Crippen MR) is 92.4 cm³/mol. The zero-order valence-electron chi connectivity index (χ0n) is 13.1. The van der Waals surface area contributed by atoms with E-state index in [-0.39, 0.29) is 6.04 Å². The van der Waals surface area contributed by atoms with Crippen LogP contribution in [0.5, 0.6) is 5.75 Å². The van der Waals surface area contributed by atoms with Gasteiger partial charge in [0.2, 0.25) is 10.0 Å².